The van der Waals surface area contributed by atoms with Crippen LogP contribution in [0.2, 0.25) is 0 Å². The lowest BCUT2D eigenvalue weighted by Gasteiger charge is -2.16. The summed E-state index contributed by atoms with van der Waals surface area (Å²) in [5.74, 6) is 0.391. The molecule has 5 nitrogen and oxygen atoms in total. The molecule has 1 amide bonds. The monoisotopic (exact) mass is 341 g/mol. The summed E-state index contributed by atoms with van der Waals surface area (Å²) in [4.78, 5) is 11.8. The molecule has 0 saturated heterocycles. The zero-order chi connectivity index (χ0) is 16.2. The Morgan fingerprint density at radius 3 is 2.64 bits per heavy atom. The number of hydrogen-bond donors (Lipinski definition) is 1. The van der Waals surface area contributed by atoms with Gasteiger partial charge in [0.1, 0.15) is 15.2 Å². The van der Waals surface area contributed by atoms with Gasteiger partial charge in [0.2, 0.25) is 5.91 Å². The van der Waals surface area contributed by atoms with E-state index in [0.717, 1.165) is 11.3 Å². The van der Waals surface area contributed by atoms with E-state index in [2.05, 4.69) is 5.32 Å². The number of carbonyl (C=O) groups excluding carboxylic acids is 1. The molecule has 0 aromatic carbocycles. The van der Waals surface area contributed by atoms with Crippen molar-refractivity contribution in [2.45, 2.75) is 29.7 Å². The standard InChI is InChI=1S/C15H19NO4S2/c1-11(2)9-14(17)16-10-13(12-5-3-7-20-12)22(18,19)15-6-4-8-21-15/h3-8,11,13H,9-10H2,1-2H3,(H,16,17). The summed E-state index contributed by atoms with van der Waals surface area (Å²) in [5, 5.41) is 3.49. The number of thiophene rings is 1. The second-order valence-corrected chi connectivity index (χ2v) is 8.69. The molecule has 0 fully saturated rings. The van der Waals surface area contributed by atoms with Crippen LogP contribution in [0.4, 0.5) is 0 Å². The van der Waals surface area contributed by atoms with Crippen molar-refractivity contribution >= 4 is 27.1 Å². The van der Waals surface area contributed by atoms with Gasteiger partial charge in [-0.1, -0.05) is 19.9 Å². The van der Waals surface area contributed by atoms with Crippen LogP contribution in [0, 0.1) is 5.92 Å². The number of rotatable bonds is 7. The van der Waals surface area contributed by atoms with E-state index in [1.807, 2.05) is 13.8 Å². The number of amides is 1. The first-order valence-corrected chi connectivity index (χ1v) is 9.41. The third-order valence-electron chi connectivity index (χ3n) is 3.09. The first-order valence-electron chi connectivity index (χ1n) is 6.98. The van der Waals surface area contributed by atoms with Crippen molar-refractivity contribution in [1.29, 1.82) is 0 Å². The molecule has 0 saturated carbocycles. The fourth-order valence-electron chi connectivity index (χ4n) is 2.05. The van der Waals surface area contributed by atoms with Crippen molar-refractivity contribution in [3.05, 3.63) is 41.7 Å². The van der Waals surface area contributed by atoms with Gasteiger partial charge in [0.05, 0.1) is 6.26 Å². The predicted molar refractivity (Wildman–Crippen MR) is 85.4 cm³/mol. The highest BCUT2D eigenvalue weighted by Crippen LogP contribution is 2.31. The molecule has 2 rings (SSSR count). The minimum Gasteiger partial charge on any atom is -0.468 e. The smallest absolute Gasteiger partial charge is 0.220 e. The molecular weight excluding hydrogens is 322 g/mol. The van der Waals surface area contributed by atoms with Gasteiger partial charge in [-0.3, -0.25) is 4.79 Å². The van der Waals surface area contributed by atoms with Crippen LogP contribution in [-0.2, 0) is 14.6 Å². The summed E-state index contributed by atoms with van der Waals surface area (Å²) >= 11 is 1.16. The molecule has 22 heavy (non-hydrogen) atoms. The predicted octanol–water partition coefficient (Wildman–Crippen LogP) is 3.02. The van der Waals surface area contributed by atoms with Crippen LogP contribution in [0.3, 0.4) is 0 Å². The van der Waals surface area contributed by atoms with Gasteiger partial charge in [-0.25, -0.2) is 8.42 Å². The summed E-state index contributed by atoms with van der Waals surface area (Å²) < 4.78 is 31.0. The molecule has 0 aliphatic heterocycles. The van der Waals surface area contributed by atoms with Crippen molar-refractivity contribution in [2.24, 2.45) is 5.92 Å². The Morgan fingerprint density at radius 2 is 2.09 bits per heavy atom. The molecule has 1 N–H and O–H groups in total. The van der Waals surface area contributed by atoms with Gasteiger partial charge in [-0.2, -0.15) is 0 Å². The molecule has 0 aliphatic rings. The average Bonchev–Trinajstić information content (AvgIpc) is 3.11. The zero-order valence-electron chi connectivity index (χ0n) is 12.5. The first kappa shape index (κ1) is 16.8. The topological polar surface area (TPSA) is 76.4 Å². The summed E-state index contributed by atoms with van der Waals surface area (Å²) in [6.07, 6.45) is 1.80. The summed E-state index contributed by atoms with van der Waals surface area (Å²) in [6.45, 7) is 3.87. The Hall–Kier alpha value is -1.60. The Labute approximate surface area is 134 Å². The number of sulfone groups is 1. The largest absolute Gasteiger partial charge is 0.468 e. The molecule has 0 bridgehead atoms. The van der Waals surface area contributed by atoms with E-state index in [4.69, 9.17) is 4.42 Å². The van der Waals surface area contributed by atoms with Crippen LogP contribution < -0.4 is 5.32 Å². The van der Waals surface area contributed by atoms with Crippen molar-refractivity contribution in [1.82, 2.24) is 5.32 Å². The van der Waals surface area contributed by atoms with Crippen molar-refractivity contribution in [3.8, 4) is 0 Å². The quantitative estimate of drug-likeness (QED) is 0.840. The molecular formula is C15H19NO4S2. The lowest BCUT2D eigenvalue weighted by atomic mass is 10.1. The summed E-state index contributed by atoms with van der Waals surface area (Å²) in [5.41, 5.74) is 0. The van der Waals surface area contributed by atoms with Crippen LogP contribution in [0.1, 0.15) is 31.3 Å². The van der Waals surface area contributed by atoms with E-state index in [-0.39, 0.29) is 22.6 Å². The fourth-order valence-corrected chi connectivity index (χ4v) is 4.84. The van der Waals surface area contributed by atoms with E-state index >= 15 is 0 Å². The van der Waals surface area contributed by atoms with Crippen LogP contribution in [0.15, 0.2) is 44.5 Å². The Morgan fingerprint density at radius 1 is 1.32 bits per heavy atom. The van der Waals surface area contributed by atoms with Crippen molar-refractivity contribution < 1.29 is 17.6 Å². The van der Waals surface area contributed by atoms with E-state index < -0.39 is 15.1 Å². The number of furan rings is 1. The maximum Gasteiger partial charge on any atom is 0.220 e. The lowest BCUT2D eigenvalue weighted by molar-refractivity contribution is -0.121. The third kappa shape index (κ3) is 3.98. The second kappa shape index (κ2) is 7.11. The number of hydrogen-bond acceptors (Lipinski definition) is 5. The normalized spacial score (nSPS) is 13.2. The molecule has 7 heteroatoms. The van der Waals surface area contributed by atoms with Gasteiger partial charge in [-0.05, 0) is 29.5 Å². The highest BCUT2D eigenvalue weighted by Gasteiger charge is 2.32. The van der Waals surface area contributed by atoms with E-state index in [1.165, 1.54) is 6.26 Å². The van der Waals surface area contributed by atoms with E-state index in [9.17, 15) is 13.2 Å². The van der Waals surface area contributed by atoms with Crippen LogP contribution in [0.25, 0.3) is 0 Å². The van der Waals surface area contributed by atoms with E-state index in [0.29, 0.717) is 12.2 Å². The molecule has 120 valence electrons. The van der Waals surface area contributed by atoms with Gasteiger partial charge in [0.25, 0.3) is 0 Å². The van der Waals surface area contributed by atoms with Crippen LogP contribution in [0.5, 0.6) is 0 Å². The van der Waals surface area contributed by atoms with Gasteiger partial charge in [0, 0.05) is 13.0 Å². The lowest BCUT2D eigenvalue weighted by Crippen LogP contribution is -2.32. The molecule has 2 aromatic rings. The Bertz CT molecular complexity index is 688. The number of nitrogens with one attached hydrogen (secondary N) is 1. The van der Waals surface area contributed by atoms with Crippen molar-refractivity contribution in [2.75, 3.05) is 6.54 Å². The molecule has 1 unspecified atom stereocenters. The first-order chi connectivity index (χ1) is 10.4. The fraction of sp³-hybridized carbons (Fsp3) is 0.400. The molecule has 0 spiro atoms. The minimum absolute atomic E-state index is 0.000694. The maximum absolute atomic E-state index is 12.7. The Kier molecular flexibility index (Phi) is 5.42. The van der Waals surface area contributed by atoms with Gasteiger partial charge in [0.15, 0.2) is 9.84 Å². The van der Waals surface area contributed by atoms with Crippen LogP contribution >= 0.6 is 11.3 Å². The maximum atomic E-state index is 12.7. The Balaban J connectivity index is 2.20. The van der Waals surface area contributed by atoms with Gasteiger partial charge >= 0.3 is 0 Å². The highest BCUT2D eigenvalue weighted by atomic mass is 32.2. The van der Waals surface area contributed by atoms with E-state index in [1.54, 1.807) is 29.6 Å². The SMILES string of the molecule is CC(C)CC(=O)NCC(c1ccco1)S(=O)(=O)c1cccs1. The number of carbonyl (C=O) groups is 1. The molecule has 0 aliphatic carbocycles. The molecule has 2 heterocycles. The minimum atomic E-state index is -3.59. The summed E-state index contributed by atoms with van der Waals surface area (Å²) in [7, 11) is -3.59. The highest BCUT2D eigenvalue weighted by molar-refractivity contribution is 7.93. The van der Waals surface area contributed by atoms with Crippen molar-refractivity contribution in [3.63, 3.8) is 0 Å². The molecule has 0 radical (unpaired) electrons. The van der Waals surface area contributed by atoms with Gasteiger partial charge in [-0.15, -0.1) is 11.3 Å². The molecule has 2 aromatic heterocycles. The molecule has 1 atom stereocenters. The summed E-state index contributed by atoms with van der Waals surface area (Å²) in [6, 6.07) is 6.51. The third-order valence-corrected chi connectivity index (χ3v) is 6.58. The average molecular weight is 341 g/mol. The van der Waals surface area contributed by atoms with Crippen LogP contribution in [-0.4, -0.2) is 20.9 Å². The second-order valence-electron chi connectivity index (χ2n) is 5.38. The zero-order valence-corrected chi connectivity index (χ0v) is 14.1. The van der Waals surface area contributed by atoms with Gasteiger partial charge < -0.3 is 9.73 Å².